The molecule has 0 bridgehead atoms. The number of rotatable bonds is 7. The van der Waals surface area contributed by atoms with Crippen LogP contribution in [0.25, 0.3) is 0 Å². The predicted octanol–water partition coefficient (Wildman–Crippen LogP) is 3.19. The molecule has 0 spiro atoms. The smallest absolute Gasteiger partial charge is 0.234 e. The van der Waals surface area contributed by atoms with Crippen LogP contribution in [0.4, 0.5) is 0 Å². The first-order valence-electron chi connectivity index (χ1n) is 6.85. The fourth-order valence-corrected chi connectivity index (χ4v) is 3.06. The van der Waals surface area contributed by atoms with Gasteiger partial charge in [0.25, 0.3) is 0 Å². The van der Waals surface area contributed by atoms with Crippen molar-refractivity contribution in [3.63, 3.8) is 0 Å². The molecule has 0 saturated carbocycles. The molecular formula is C16H19ClN2OS. The first-order chi connectivity index (χ1) is 10.1. The van der Waals surface area contributed by atoms with E-state index in [1.807, 2.05) is 47.7 Å². The van der Waals surface area contributed by atoms with Gasteiger partial charge in [-0.1, -0.05) is 29.8 Å². The Hall–Kier alpha value is -1.36. The zero-order valence-corrected chi connectivity index (χ0v) is 13.6. The molecule has 1 amide bonds. The summed E-state index contributed by atoms with van der Waals surface area (Å²) in [7, 11) is 1.95. The minimum absolute atomic E-state index is 0.0519. The van der Waals surface area contributed by atoms with Crippen molar-refractivity contribution in [2.75, 3.05) is 20.1 Å². The number of hydrogen-bond acceptors (Lipinski definition) is 3. The maximum atomic E-state index is 11.9. The topological polar surface area (TPSA) is 32.3 Å². The molecule has 1 N–H and O–H groups in total. The van der Waals surface area contributed by atoms with E-state index < -0.39 is 0 Å². The van der Waals surface area contributed by atoms with Crippen molar-refractivity contribution in [3.05, 3.63) is 57.2 Å². The Kier molecular flexibility index (Phi) is 6.23. The van der Waals surface area contributed by atoms with Crippen LogP contribution in [-0.2, 0) is 17.8 Å². The van der Waals surface area contributed by atoms with E-state index in [0.29, 0.717) is 13.1 Å². The molecule has 0 radical (unpaired) electrons. The first-order valence-corrected chi connectivity index (χ1v) is 8.11. The molecule has 0 fully saturated rings. The minimum atomic E-state index is 0.0519. The Labute approximate surface area is 134 Å². The van der Waals surface area contributed by atoms with Gasteiger partial charge in [0.05, 0.1) is 6.54 Å². The van der Waals surface area contributed by atoms with Crippen LogP contribution in [0, 0.1) is 0 Å². The van der Waals surface area contributed by atoms with Gasteiger partial charge in [-0.15, -0.1) is 11.3 Å². The third kappa shape index (κ3) is 5.87. The fraction of sp³-hybridized carbons (Fsp3) is 0.312. The number of likely N-dealkylation sites (N-methyl/N-ethyl adjacent to an activating group) is 1. The van der Waals surface area contributed by atoms with E-state index in [-0.39, 0.29) is 5.91 Å². The molecule has 21 heavy (non-hydrogen) atoms. The zero-order valence-electron chi connectivity index (χ0n) is 12.0. The van der Waals surface area contributed by atoms with Gasteiger partial charge in [-0.3, -0.25) is 9.69 Å². The molecule has 0 aliphatic carbocycles. The highest BCUT2D eigenvalue weighted by molar-refractivity contribution is 7.09. The number of thiophene rings is 1. The summed E-state index contributed by atoms with van der Waals surface area (Å²) < 4.78 is 0. The number of nitrogens with one attached hydrogen (secondary N) is 1. The molecule has 2 rings (SSSR count). The monoisotopic (exact) mass is 322 g/mol. The number of carbonyl (C=O) groups excluding carboxylic acids is 1. The van der Waals surface area contributed by atoms with Gasteiger partial charge in [-0.05, 0) is 42.6 Å². The summed E-state index contributed by atoms with van der Waals surface area (Å²) in [5.41, 5.74) is 1.13. The van der Waals surface area contributed by atoms with Crippen LogP contribution in [0.1, 0.15) is 10.4 Å². The van der Waals surface area contributed by atoms with Gasteiger partial charge in [0.15, 0.2) is 0 Å². The third-order valence-corrected chi connectivity index (χ3v) is 4.14. The lowest BCUT2D eigenvalue weighted by Gasteiger charge is -2.15. The molecule has 112 valence electrons. The number of carbonyl (C=O) groups is 1. The lowest BCUT2D eigenvalue weighted by molar-refractivity contribution is -0.122. The van der Waals surface area contributed by atoms with Crippen LogP contribution >= 0.6 is 22.9 Å². The average Bonchev–Trinajstić information content (AvgIpc) is 2.91. The lowest BCUT2D eigenvalue weighted by atomic mass is 10.1. The number of amides is 1. The fourth-order valence-electron chi connectivity index (χ4n) is 2.06. The maximum absolute atomic E-state index is 11.9. The maximum Gasteiger partial charge on any atom is 0.234 e. The Balaban J connectivity index is 1.67. The number of hydrogen-bond donors (Lipinski definition) is 1. The molecule has 0 aliphatic rings. The van der Waals surface area contributed by atoms with Crippen LogP contribution in [-0.4, -0.2) is 30.9 Å². The van der Waals surface area contributed by atoms with Crippen molar-refractivity contribution in [2.45, 2.75) is 13.0 Å². The molecule has 0 atom stereocenters. The van der Waals surface area contributed by atoms with Crippen molar-refractivity contribution < 1.29 is 4.79 Å². The van der Waals surface area contributed by atoms with Gasteiger partial charge in [-0.2, -0.15) is 0 Å². The summed E-state index contributed by atoms with van der Waals surface area (Å²) >= 11 is 7.64. The highest BCUT2D eigenvalue weighted by Crippen LogP contribution is 2.11. The normalized spacial score (nSPS) is 10.8. The number of halogens is 1. The summed E-state index contributed by atoms with van der Waals surface area (Å²) in [6.45, 7) is 1.85. The van der Waals surface area contributed by atoms with E-state index in [1.165, 1.54) is 4.88 Å². The average molecular weight is 323 g/mol. The highest BCUT2D eigenvalue weighted by atomic mass is 35.5. The third-order valence-electron chi connectivity index (χ3n) is 3.04. The summed E-state index contributed by atoms with van der Waals surface area (Å²) in [6, 6.07) is 11.8. The second kappa shape index (κ2) is 8.17. The van der Waals surface area contributed by atoms with Gasteiger partial charge in [0, 0.05) is 23.0 Å². The van der Waals surface area contributed by atoms with Crippen molar-refractivity contribution >= 4 is 28.8 Å². The van der Waals surface area contributed by atoms with Crippen LogP contribution in [0.2, 0.25) is 5.02 Å². The van der Waals surface area contributed by atoms with E-state index >= 15 is 0 Å². The number of nitrogens with zero attached hydrogens (tertiary/aromatic N) is 1. The highest BCUT2D eigenvalue weighted by Gasteiger charge is 2.07. The molecule has 5 heteroatoms. The lowest BCUT2D eigenvalue weighted by Crippen LogP contribution is -2.35. The van der Waals surface area contributed by atoms with Crippen molar-refractivity contribution in [1.29, 1.82) is 0 Å². The Morgan fingerprint density at radius 1 is 1.33 bits per heavy atom. The SMILES string of the molecule is CN(CC(=O)NCCc1cccc(Cl)c1)Cc1cccs1. The van der Waals surface area contributed by atoms with Gasteiger partial charge < -0.3 is 5.32 Å². The van der Waals surface area contributed by atoms with Gasteiger partial charge in [-0.25, -0.2) is 0 Å². The van der Waals surface area contributed by atoms with Gasteiger partial charge in [0.2, 0.25) is 5.91 Å². The predicted molar refractivity (Wildman–Crippen MR) is 88.8 cm³/mol. The van der Waals surface area contributed by atoms with E-state index in [0.717, 1.165) is 23.6 Å². The molecule has 1 aromatic heterocycles. The van der Waals surface area contributed by atoms with Gasteiger partial charge >= 0.3 is 0 Å². The Bertz CT molecular complexity index is 571. The standard InChI is InChI=1S/C16H19ClN2OS/c1-19(11-15-6-3-9-21-15)12-16(20)18-8-7-13-4-2-5-14(17)10-13/h2-6,9-10H,7-8,11-12H2,1H3,(H,18,20). The molecule has 1 aromatic carbocycles. The summed E-state index contributed by atoms with van der Waals surface area (Å²) in [6.07, 6.45) is 0.793. The van der Waals surface area contributed by atoms with Crippen LogP contribution < -0.4 is 5.32 Å². The van der Waals surface area contributed by atoms with Crippen LogP contribution in [0.15, 0.2) is 41.8 Å². The summed E-state index contributed by atoms with van der Waals surface area (Å²) in [4.78, 5) is 15.1. The largest absolute Gasteiger partial charge is 0.355 e. The van der Waals surface area contributed by atoms with E-state index in [9.17, 15) is 4.79 Å². The van der Waals surface area contributed by atoms with Crippen molar-refractivity contribution in [1.82, 2.24) is 10.2 Å². The molecule has 0 aliphatic heterocycles. The second-order valence-electron chi connectivity index (χ2n) is 4.98. The molecular weight excluding hydrogens is 304 g/mol. The van der Waals surface area contributed by atoms with E-state index in [4.69, 9.17) is 11.6 Å². The first kappa shape index (κ1) is 16.0. The summed E-state index contributed by atoms with van der Waals surface area (Å²) in [5.74, 6) is 0.0519. The van der Waals surface area contributed by atoms with E-state index in [2.05, 4.69) is 11.4 Å². The van der Waals surface area contributed by atoms with Crippen LogP contribution in [0.5, 0.6) is 0 Å². The zero-order chi connectivity index (χ0) is 15.1. The number of benzene rings is 1. The Morgan fingerprint density at radius 3 is 2.90 bits per heavy atom. The molecule has 0 unspecified atom stereocenters. The Morgan fingerprint density at radius 2 is 2.19 bits per heavy atom. The molecule has 1 heterocycles. The van der Waals surface area contributed by atoms with Crippen LogP contribution in [0.3, 0.4) is 0 Å². The quantitative estimate of drug-likeness (QED) is 0.849. The molecule has 0 saturated heterocycles. The minimum Gasteiger partial charge on any atom is -0.355 e. The van der Waals surface area contributed by atoms with Crippen molar-refractivity contribution in [2.24, 2.45) is 0 Å². The van der Waals surface area contributed by atoms with Crippen molar-refractivity contribution in [3.8, 4) is 0 Å². The molecule has 3 nitrogen and oxygen atoms in total. The van der Waals surface area contributed by atoms with Gasteiger partial charge in [0.1, 0.15) is 0 Å². The van der Waals surface area contributed by atoms with E-state index in [1.54, 1.807) is 11.3 Å². The second-order valence-corrected chi connectivity index (χ2v) is 6.45. The summed E-state index contributed by atoms with van der Waals surface area (Å²) in [5, 5.41) is 5.72. The molecule has 2 aromatic rings.